The molecule has 100 valence electrons. The number of rotatable bonds is 5. The zero-order valence-electron chi connectivity index (χ0n) is 11.4. The Morgan fingerprint density at radius 3 is 2.74 bits per heavy atom. The Bertz CT molecular complexity index is 552. The van der Waals surface area contributed by atoms with Crippen LogP contribution >= 0.6 is 0 Å². The fraction of sp³-hybridized carbons (Fsp3) is 0.312. The van der Waals surface area contributed by atoms with Gasteiger partial charge in [-0.1, -0.05) is 25.1 Å². The van der Waals surface area contributed by atoms with E-state index in [1.165, 1.54) is 11.8 Å². The predicted octanol–water partition coefficient (Wildman–Crippen LogP) is 3.70. The van der Waals surface area contributed by atoms with Crippen molar-refractivity contribution < 1.29 is 4.39 Å². The summed E-state index contributed by atoms with van der Waals surface area (Å²) >= 11 is 0. The maximum absolute atomic E-state index is 13.7. The molecule has 0 radical (unpaired) electrons. The van der Waals surface area contributed by atoms with Crippen LogP contribution in [0.25, 0.3) is 11.1 Å². The summed E-state index contributed by atoms with van der Waals surface area (Å²) in [6.07, 6.45) is 4.00. The first kappa shape index (κ1) is 13.7. The molecular weight excluding hydrogens is 239 g/mol. The molecule has 0 saturated carbocycles. The molecule has 0 aliphatic heterocycles. The van der Waals surface area contributed by atoms with Crippen molar-refractivity contribution in [1.82, 2.24) is 10.3 Å². The quantitative estimate of drug-likeness (QED) is 0.827. The maximum atomic E-state index is 13.7. The molecule has 2 aromatic rings. The second-order valence-corrected chi connectivity index (χ2v) is 4.68. The van der Waals surface area contributed by atoms with Gasteiger partial charge < -0.3 is 5.32 Å². The Morgan fingerprint density at radius 1 is 1.21 bits per heavy atom. The van der Waals surface area contributed by atoms with Crippen LogP contribution in [0.4, 0.5) is 4.39 Å². The Balaban J connectivity index is 2.22. The van der Waals surface area contributed by atoms with Crippen LogP contribution in [-0.2, 0) is 6.54 Å². The molecule has 0 fully saturated rings. The van der Waals surface area contributed by atoms with Crippen molar-refractivity contribution in [2.75, 3.05) is 6.54 Å². The molecule has 1 aromatic heterocycles. The molecule has 1 heterocycles. The highest BCUT2D eigenvalue weighted by Gasteiger charge is 2.07. The summed E-state index contributed by atoms with van der Waals surface area (Å²) in [6, 6.07) is 7.85. The van der Waals surface area contributed by atoms with Gasteiger partial charge in [-0.3, -0.25) is 4.98 Å². The van der Waals surface area contributed by atoms with E-state index >= 15 is 0 Å². The largest absolute Gasteiger partial charge is 0.313 e. The van der Waals surface area contributed by atoms with E-state index in [0.717, 1.165) is 30.6 Å². The van der Waals surface area contributed by atoms with Crippen LogP contribution in [0.3, 0.4) is 0 Å². The number of benzene rings is 1. The Labute approximate surface area is 113 Å². The summed E-state index contributed by atoms with van der Waals surface area (Å²) in [5, 5.41) is 3.37. The molecule has 0 aliphatic rings. The number of halogens is 1. The van der Waals surface area contributed by atoms with Gasteiger partial charge in [-0.15, -0.1) is 0 Å². The summed E-state index contributed by atoms with van der Waals surface area (Å²) in [6.45, 7) is 6.03. The van der Waals surface area contributed by atoms with Gasteiger partial charge in [0.25, 0.3) is 0 Å². The highest BCUT2D eigenvalue weighted by Crippen LogP contribution is 2.26. The minimum Gasteiger partial charge on any atom is -0.313 e. The van der Waals surface area contributed by atoms with Crippen molar-refractivity contribution in [1.29, 1.82) is 0 Å². The van der Waals surface area contributed by atoms with Gasteiger partial charge in [0.2, 0.25) is 0 Å². The number of aromatic nitrogens is 1. The van der Waals surface area contributed by atoms with Crippen molar-refractivity contribution in [3.05, 3.63) is 53.6 Å². The van der Waals surface area contributed by atoms with Crippen molar-refractivity contribution in [3.63, 3.8) is 0 Å². The number of hydrogen-bond donors (Lipinski definition) is 1. The average molecular weight is 258 g/mol. The Kier molecular flexibility index (Phi) is 4.63. The van der Waals surface area contributed by atoms with Gasteiger partial charge in [0.05, 0.1) is 6.20 Å². The normalized spacial score (nSPS) is 10.7. The molecule has 0 spiro atoms. The molecule has 1 aromatic carbocycles. The van der Waals surface area contributed by atoms with E-state index in [2.05, 4.69) is 23.3 Å². The summed E-state index contributed by atoms with van der Waals surface area (Å²) in [5.41, 5.74) is 3.85. The zero-order chi connectivity index (χ0) is 13.7. The highest BCUT2D eigenvalue weighted by atomic mass is 19.1. The Morgan fingerprint density at radius 2 is 2.05 bits per heavy atom. The number of pyridine rings is 1. The minimum absolute atomic E-state index is 0.276. The molecule has 0 saturated heterocycles. The fourth-order valence-corrected chi connectivity index (χ4v) is 2.14. The lowest BCUT2D eigenvalue weighted by molar-refractivity contribution is 0.625. The molecule has 0 bridgehead atoms. The average Bonchev–Trinajstić information content (AvgIpc) is 2.40. The van der Waals surface area contributed by atoms with E-state index in [1.807, 2.05) is 19.1 Å². The smallest absolute Gasteiger partial charge is 0.149 e. The molecule has 19 heavy (non-hydrogen) atoms. The summed E-state index contributed by atoms with van der Waals surface area (Å²) < 4.78 is 13.7. The summed E-state index contributed by atoms with van der Waals surface area (Å²) in [7, 11) is 0. The molecule has 0 aliphatic carbocycles. The SMILES string of the molecule is CCCNCc1ccc(-c2ccncc2F)c(C)c1. The van der Waals surface area contributed by atoms with Gasteiger partial charge in [0.15, 0.2) is 0 Å². The third-order valence-electron chi connectivity index (χ3n) is 3.11. The lowest BCUT2D eigenvalue weighted by Crippen LogP contribution is -2.13. The number of hydrogen-bond acceptors (Lipinski definition) is 2. The van der Waals surface area contributed by atoms with Crippen LogP contribution in [0.15, 0.2) is 36.7 Å². The second-order valence-electron chi connectivity index (χ2n) is 4.68. The van der Waals surface area contributed by atoms with Crippen LogP contribution in [0, 0.1) is 12.7 Å². The molecule has 1 N–H and O–H groups in total. The number of aryl methyl sites for hydroxylation is 1. The van der Waals surface area contributed by atoms with Gasteiger partial charge in [-0.05, 0) is 42.6 Å². The highest BCUT2D eigenvalue weighted by molar-refractivity contribution is 5.67. The predicted molar refractivity (Wildman–Crippen MR) is 76.4 cm³/mol. The maximum Gasteiger partial charge on any atom is 0.149 e. The first-order valence-corrected chi connectivity index (χ1v) is 6.62. The van der Waals surface area contributed by atoms with E-state index < -0.39 is 0 Å². The van der Waals surface area contributed by atoms with Crippen LogP contribution < -0.4 is 5.32 Å². The third-order valence-corrected chi connectivity index (χ3v) is 3.11. The van der Waals surface area contributed by atoms with E-state index in [0.29, 0.717) is 5.56 Å². The zero-order valence-corrected chi connectivity index (χ0v) is 11.4. The van der Waals surface area contributed by atoms with E-state index in [1.54, 1.807) is 12.3 Å². The van der Waals surface area contributed by atoms with Crippen molar-refractivity contribution in [2.24, 2.45) is 0 Å². The van der Waals surface area contributed by atoms with E-state index in [9.17, 15) is 4.39 Å². The molecule has 0 amide bonds. The summed E-state index contributed by atoms with van der Waals surface area (Å²) in [5.74, 6) is -0.276. The molecule has 0 unspecified atom stereocenters. The first-order valence-electron chi connectivity index (χ1n) is 6.62. The third kappa shape index (κ3) is 3.38. The topological polar surface area (TPSA) is 24.9 Å². The first-order chi connectivity index (χ1) is 9.22. The number of nitrogens with zero attached hydrogens (tertiary/aromatic N) is 1. The van der Waals surface area contributed by atoms with Crippen LogP contribution in [0.2, 0.25) is 0 Å². The van der Waals surface area contributed by atoms with Gasteiger partial charge in [-0.25, -0.2) is 4.39 Å². The lowest BCUT2D eigenvalue weighted by atomic mass is 9.99. The second kappa shape index (κ2) is 6.43. The fourth-order valence-electron chi connectivity index (χ4n) is 2.14. The summed E-state index contributed by atoms with van der Waals surface area (Å²) in [4.78, 5) is 3.78. The van der Waals surface area contributed by atoms with E-state index in [4.69, 9.17) is 0 Å². The van der Waals surface area contributed by atoms with Gasteiger partial charge in [0.1, 0.15) is 5.82 Å². The van der Waals surface area contributed by atoms with Crippen molar-refractivity contribution in [2.45, 2.75) is 26.8 Å². The van der Waals surface area contributed by atoms with Crippen LogP contribution in [0.5, 0.6) is 0 Å². The lowest BCUT2D eigenvalue weighted by Gasteiger charge is -2.10. The molecule has 2 nitrogen and oxygen atoms in total. The van der Waals surface area contributed by atoms with Crippen LogP contribution in [0.1, 0.15) is 24.5 Å². The monoisotopic (exact) mass is 258 g/mol. The molecular formula is C16H19FN2. The van der Waals surface area contributed by atoms with Gasteiger partial charge >= 0.3 is 0 Å². The van der Waals surface area contributed by atoms with Crippen molar-refractivity contribution in [3.8, 4) is 11.1 Å². The number of nitrogens with one attached hydrogen (secondary N) is 1. The standard InChI is InChI=1S/C16H19FN2/c1-3-7-18-10-13-4-5-14(12(2)9-13)15-6-8-19-11-16(15)17/h4-6,8-9,11,18H,3,7,10H2,1-2H3. The van der Waals surface area contributed by atoms with Gasteiger partial charge in [0, 0.05) is 18.3 Å². The van der Waals surface area contributed by atoms with Crippen molar-refractivity contribution >= 4 is 0 Å². The Hall–Kier alpha value is -1.74. The van der Waals surface area contributed by atoms with E-state index in [-0.39, 0.29) is 5.82 Å². The molecule has 0 atom stereocenters. The minimum atomic E-state index is -0.276. The van der Waals surface area contributed by atoms with Gasteiger partial charge in [-0.2, -0.15) is 0 Å². The molecule has 2 rings (SSSR count). The van der Waals surface area contributed by atoms with Crippen LogP contribution in [-0.4, -0.2) is 11.5 Å². The molecule has 3 heteroatoms.